The van der Waals surface area contributed by atoms with Crippen molar-refractivity contribution in [3.8, 4) is 11.5 Å². The summed E-state index contributed by atoms with van der Waals surface area (Å²) in [6, 6.07) is 12.9. The van der Waals surface area contributed by atoms with Crippen molar-refractivity contribution in [1.82, 2.24) is 4.57 Å². The molecule has 180 valence electrons. The Morgan fingerprint density at radius 1 is 1.20 bits per heavy atom. The Morgan fingerprint density at radius 3 is 2.66 bits per heavy atom. The van der Waals surface area contributed by atoms with E-state index in [-0.39, 0.29) is 19.0 Å². The second-order valence-electron chi connectivity index (χ2n) is 8.74. The molecule has 7 nitrogen and oxygen atoms in total. The van der Waals surface area contributed by atoms with Crippen LogP contribution in [0.1, 0.15) is 56.3 Å². The number of ether oxygens (including phenoxy) is 3. The minimum absolute atomic E-state index is 0.136. The topological polar surface area (TPSA) is 79.1 Å². The van der Waals surface area contributed by atoms with E-state index in [9.17, 15) is 9.59 Å². The summed E-state index contributed by atoms with van der Waals surface area (Å²) in [5.41, 5.74) is 3.55. The number of allylic oxidation sites excluding steroid dienone is 1. The summed E-state index contributed by atoms with van der Waals surface area (Å²) in [6.45, 7) is 8.17. The average Bonchev–Trinajstić information content (AvgIpc) is 3.42. The number of hydrogen-bond donors (Lipinski definition) is 0. The third kappa shape index (κ3) is 4.18. The monoisotopic (exact) mass is 490 g/mol. The van der Waals surface area contributed by atoms with Crippen LogP contribution in [-0.4, -0.2) is 23.9 Å². The molecular formula is C27H26N2O5S. The maximum absolute atomic E-state index is 13.7. The molecule has 0 fully saturated rings. The molecule has 3 aromatic rings. The average molecular weight is 491 g/mol. The Bertz CT molecular complexity index is 1510. The second kappa shape index (κ2) is 9.19. The highest BCUT2D eigenvalue weighted by molar-refractivity contribution is 7.07. The molecule has 0 amide bonds. The lowest BCUT2D eigenvalue weighted by Crippen LogP contribution is -2.39. The summed E-state index contributed by atoms with van der Waals surface area (Å²) in [6.07, 6.45) is 1.87. The number of fused-ring (bicyclic) bond motifs is 2. The molecule has 35 heavy (non-hydrogen) atoms. The van der Waals surface area contributed by atoms with Crippen LogP contribution in [0, 0.1) is 0 Å². The Morgan fingerprint density at radius 2 is 1.94 bits per heavy atom. The zero-order valence-electron chi connectivity index (χ0n) is 20.0. The SMILES string of the molecule is CCOC(=O)C1=C(C)N=c2s/c(=C\c3ccc(C(C)C)cc3)c(=O)n2[C@H]1c1ccc2c(c1)OCO2. The molecule has 2 aromatic carbocycles. The van der Waals surface area contributed by atoms with E-state index in [0.29, 0.717) is 38.0 Å². The molecule has 0 radical (unpaired) electrons. The van der Waals surface area contributed by atoms with Crippen LogP contribution in [0.25, 0.3) is 6.08 Å². The van der Waals surface area contributed by atoms with Crippen molar-refractivity contribution in [1.29, 1.82) is 0 Å². The highest BCUT2D eigenvalue weighted by atomic mass is 32.1. The number of carbonyl (C=O) groups excluding carboxylic acids is 1. The molecule has 1 aromatic heterocycles. The van der Waals surface area contributed by atoms with Crippen LogP contribution in [0.2, 0.25) is 0 Å². The van der Waals surface area contributed by atoms with Crippen molar-refractivity contribution < 1.29 is 19.0 Å². The maximum atomic E-state index is 13.7. The first-order valence-corrected chi connectivity index (χ1v) is 12.4. The van der Waals surface area contributed by atoms with Gasteiger partial charge in [0.25, 0.3) is 5.56 Å². The van der Waals surface area contributed by atoms with Crippen molar-refractivity contribution in [2.24, 2.45) is 4.99 Å². The Hall–Kier alpha value is -3.65. The van der Waals surface area contributed by atoms with E-state index in [2.05, 4.69) is 31.0 Å². The normalized spacial score (nSPS) is 16.9. The summed E-state index contributed by atoms with van der Waals surface area (Å²) < 4.78 is 18.5. The molecular weight excluding hydrogens is 464 g/mol. The van der Waals surface area contributed by atoms with Gasteiger partial charge in [0.1, 0.15) is 0 Å². The Kier molecular flexibility index (Phi) is 6.06. The fourth-order valence-corrected chi connectivity index (χ4v) is 5.37. The van der Waals surface area contributed by atoms with Gasteiger partial charge in [0.2, 0.25) is 6.79 Å². The maximum Gasteiger partial charge on any atom is 0.338 e. The van der Waals surface area contributed by atoms with E-state index in [1.54, 1.807) is 24.5 Å². The highest BCUT2D eigenvalue weighted by Gasteiger charge is 2.34. The van der Waals surface area contributed by atoms with Gasteiger partial charge in [0.05, 0.1) is 28.5 Å². The van der Waals surface area contributed by atoms with Crippen molar-refractivity contribution in [3.63, 3.8) is 0 Å². The first kappa shape index (κ1) is 23.1. The summed E-state index contributed by atoms with van der Waals surface area (Å²) in [5.74, 6) is 1.15. The van der Waals surface area contributed by atoms with Crippen molar-refractivity contribution >= 4 is 23.4 Å². The van der Waals surface area contributed by atoms with Gasteiger partial charge in [-0.15, -0.1) is 0 Å². The van der Waals surface area contributed by atoms with Crippen molar-refractivity contribution in [2.45, 2.75) is 39.7 Å². The largest absolute Gasteiger partial charge is 0.463 e. The number of esters is 1. The summed E-state index contributed by atoms with van der Waals surface area (Å²) in [7, 11) is 0. The fraction of sp³-hybridized carbons (Fsp3) is 0.296. The first-order chi connectivity index (χ1) is 16.9. The van der Waals surface area contributed by atoms with Gasteiger partial charge < -0.3 is 14.2 Å². The molecule has 0 N–H and O–H groups in total. The lowest BCUT2D eigenvalue weighted by Gasteiger charge is -2.24. The molecule has 8 heteroatoms. The van der Waals surface area contributed by atoms with E-state index in [4.69, 9.17) is 14.2 Å². The summed E-state index contributed by atoms with van der Waals surface area (Å²) in [4.78, 5) is 31.9. The molecule has 5 rings (SSSR count). The van der Waals surface area contributed by atoms with E-state index in [0.717, 1.165) is 11.1 Å². The van der Waals surface area contributed by atoms with Crippen molar-refractivity contribution in [3.05, 3.63) is 90.1 Å². The first-order valence-electron chi connectivity index (χ1n) is 11.6. The number of thiazole rings is 1. The van der Waals surface area contributed by atoms with Gasteiger partial charge >= 0.3 is 5.97 Å². The lowest BCUT2D eigenvalue weighted by atomic mass is 9.95. The molecule has 0 spiro atoms. The lowest BCUT2D eigenvalue weighted by molar-refractivity contribution is -0.139. The van der Waals surface area contributed by atoms with Crippen LogP contribution in [0.4, 0.5) is 0 Å². The van der Waals surface area contributed by atoms with Crippen LogP contribution in [0.3, 0.4) is 0 Å². The van der Waals surface area contributed by atoms with Crippen LogP contribution in [0.15, 0.2) is 63.5 Å². The third-order valence-electron chi connectivity index (χ3n) is 6.13. The molecule has 0 bridgehead atoms. The zero-order chi connectivity index (χ0) is 24.7. The standard InChI is InChI=1S/C27H26N2O5S/c1-5-32-26(31)23-16(4)28-27-29(24(23)19-10-11-20-21(13-19)34-14-33-20)25(30)22(35-27)12-17-6-8-18(9-7-17)15(2)3/h6-13,15,24H,5,14H2,1-4H3/b22-12-/t24-/m0/s1. The van der Waals surface area contributed by atoms with Gasteiger partial charge in [-0.2, -0.15) is 0 Å². The number of rotatable bonds is 5. The van der Waals surface area contributed by atoms with E-state index >= 15 is 0 Å². The minimum Gasteiger partial charge on any atom is -0.463 e. The predicted octanol–water partition coefficient (Wildman–Crippen LogP) is 3.65. The number of carbonyl (C=O) groups is 1. The number of aromatic nitrogens is 1. The fourth-order valence-electron chi connectivity index (χ4n) is 4.32. The van der Waals surface area contributed by atoms with Crippen LogP contribution in [0.5, 0.6) is 11.5 Å². The van der Waals surface area contributed by atoms with Crippen LogP contribution in [-0.2, 0) is 9.53 Å². The summed E-state index contributed by atoms with van der Waals surface area (Å²) in [5, 5.41) is 0. The smallest absolute Gasteiger partial charge is 0.338 e. The Labute approximate surface area is 206 Å². The molecule has 0 saturated heterocycles. The van der Waals surface area contributed by atoms with E-state index in [1.807, 2.05) is 30.3 Å². The summed E-state index contributed by atoms with van der Waals surface area (Å²) >= 11 is 1.31. The molecule has 0 saturated carbocycles. The molecule has 0 unspecified atom stereocenters. The number of hydrogen-bond acceptors (Lipinski definition) is 7. The molecule has 3 heterocycles. The molecule has 2 aliphatic rings. The van der Waals surface area contributed by atoms with Gasteiger partial charge in [-0.1, -0.05) is 55.5 Å². The molecule has 0 aliphatic carbocycles. The second-order valence-corrected chi connectivity index (χ2v) is 9.75. The predicted molar refractivity (Wildman–Crippen MR) is 133 cm³/mol. The van der Waals surface area contributed by atoms with Crippen LogP contribution >= 0.6 is 11.3 Å². The molecule has 1 atom stereocenters. The van der Waals surface area contributed by atoms with Gasteiger partial charge in [-0.25, -0.2) is 9.79 Å². The van der Waals surface area contributed by atoms with E-state index in [1.165, 1.54) is 16.9 Å². The number of benzene rings is 2. The van der Waals surface area contributed by atoms with E-state index < -0.39 is 12.0 Å². The van der Waals surface area contributed by atoms with Crippen LogP contribution < -0.4 is 24.4 Å². The van der Waals surface area contributed by atoms with Crippen molar-refractivity contribution in [2.75, 3.05) is 13.4 Å². The molecule has 2 aliphatic heterocycles. The Balaban J connectivity index is 1.68. The van der Waals surface area contributed by atoms with Gasteiger partial charge in [-0.05, 0) is 54.7 Å². The number of nitrogens with zero attached hydrogens (tertiary/aromatic N) is 2. The highest BCUT2D eigenvalue weighted by Crippen LogP contribution is 2.38. The zero-order valence-corrected chi connectivity index (χ0v) is 20.8. The van der Waals surface area contributed by atoms with Gasteiger partial charge in [0, 0.05) is 0 Å². The van der Waals surface area contributed by atoms with Gasteiger partial charge in [0.15, 0.2) is 16.3 Å². The third-order valence-corrected chi connectivity index (χ3v) is 7.11. The van der Waals surface area contributed by atoms with Gasteiger partial charge in [-0.3, -0.25) is 9.36 Å². The minimum atomic E-state index is -0.690. The quantitative estimate of drug-likeness (QED) is 0.510.